The van der Waals surface area contributed by atoms with Gasteiger partial charge in [-0.05, 0) is 84.2 Å². The van der Waals surface area contributed by atoms with Gasteiger partial charge in [-0.25, -0.2) is 0 Å². The van der Waals surface area contributed by atoms with E-state index in [0.29, 0.717) is 0 Å². The van der Waals surface area contributed by atoms with E-state index in [0.717, 1.165) is 0 Å². The van der Waals surface area contributed by atoms with E-state index in [-0.39, 0.29) is 0 Å². The zero-order valence-electron chi connectivity index (χ0n) is 44.6. The van der Waals surface area contributed by atoms with Gasteiger partial charge in [0.1, 0.15) is 0 Å². The standard InChI is InChI=1S/C75H45N5/c1-76-46-31-26-36-16-6-11-21-41(36)51(46)61-67-57-56-58-60-59(57)69(63-53-43-23-13-8-18-38(43)28-33-48(53)78(3)73(63)67)75-65(55-45-25-15-10-20-40(45)30-35-50(55)80(75)5)70(60)74-64(54-44-24-14-9-19-39(44)29-34-49(54)79(74)4)68(58)72-62(66(56)71(61)76)52-42-22-12-7-17-37(42)27-32-47(52)77(72)2/h6-35H,1-5H3. The molecule has 0 aliphatic rings. The molecule has 0 fully saturated rings. The third-order valence-electron chi connectivity index (χ3n) is 20.4. The van der Waals surface area contributed by atoms with Gasteiger partial charge in [0, 0.05) is 171 Å². The molecule has 0 radical (unpaired) electrons. The Hall–Kier alpha value is -10.1. The van der Waals surface area contributed by atoms with Crippen LogP contribution in [0.15, 0.2) is 182 Å². The third-order valence-corrected chi connectivity index (χ3v) is 20.4. The van der Waals surface area contributed by atoms with E-state index in [1.54, 1.807) is 0 Å². The first kappa shape index (κ1) is 41.1. The van der Waals surface area contributed by atoms with Gasteiger partial charge < -0.3 is 22.8 Å². The Morgan fingerprint density at radius 2 is 0.325 bits per heavy atom. The van der Waals surface area contributed by atoms with E-state index in [2.05, 4.69) is 240 Å². The first-order valence-electron chi connectivity index (χ1n) is 28.2. The fourth-order valence-corrected chi connectivity index (χ4v) is 17.4. The summed E-state index contributed by atoms with van der Waals surface area (Å²) in [7, 11) is 11.8. The Morgan fingerprint density at radius 1 is 0.163 bits per heavy atom. The Balaban J connectivity index is 1.25. The largest absolute Gasteiger partial charge is 0.343 e. The summed E-state index contributed by atoms with van der Waals surface area (Å²) in [6.07, 6.45) is 0. The molecule has 0 saturated heterocycles. The van der Waals surface area contributed by atoms with Gasteiger partial charge in [-0.2, -0.15) is 0 Å². The molecular formula is C75H45N5. The van der Waals surface area contributed by atoms with E-state index in [1.165, 1.54) is 217 Å². The molecule has 0 spiro atoms. The number of rotatable bonds is 0. The summed E-state index contributed by atoms with van der Waals surface area (Å²) >= 11 is 0. The molecule has 5 heterocycles. The van der Waals surface area contributed by atoms with Crippen LogP contribution in [0.3, 0.4) is 0 Å². The van der Waals surface area contributed by atoms with Gasteiger partial charge in [0.2, 0.25) is 0 Å². The number of hydrogen-bond acceptors (Lipinski definition) is 0. The maximum Gasteiger partial charge on any atom is 0.0583 e. The maximum atomic E-state index is 2.59. The lowest BCUT2D eigenvalue weighted by Gasteiger charge is -2.15. The summed E-state index contributed by atoms with van der Waals surface area (Å²) in [5.41, 5.74) is 12.7. The molecule has 5 aromatic heterocycles. The zero-order chi connectivity index (χ0) is 52.2. The van der Waals surface area contributed by atoms with Gasteiger partial charge in [-0.1, -0.05) is 152 Å². The van der Waals surface area contributed by atoms with E-state index in [1.807, 2.05) is 0 Å². The van der Waals surface area contributed by atoms with Crippen LogP contribution in [0.2, 0.25) is 0 Å². The van der Waals surface area contributed by atoms with Gasteiger partial charge >= 0.3 is 0 Å². The first-order chi connectivity index (χ1) is 39.4. The Morgan fingerprint density at radius 3 is 0.512 bits per heavy atom. The molecule has 80 heavy (non-hydrogen) atoms. The van der Waals surface area contributed by atoms with Crippen LogP contribution >= 0.6 is 0 Å². The SMILES string of the molecule is Cn1c2ccc3ccccc3c2c2c3c4c5c6c7c4c(c4c8c9ccccc9ccc8n(C)c34)c3c(c4c8ccccc8ccc4n3C)c7c3c(c4c7ccccc7ccc4n3C)c6c3c(c4c6ccccc6ccc4n3C)c5c21. The van der Waals surface area contributed by atoms with Crippen molar-refractivity contribution in [2.24, 2.45) is 35.2 Å². The quantitative estimate of drug-likeness (QED) is 0.135. The molecule has 21 aromatic rings. The zero-order valence-corrected chi connectivity index (χ0v) is 44.6. The van der Waals surface area contributed by atoms with Crippen molar-refractivity contribution in [1.82, 2.24) is 22.8 Å². The predicted molar refractivity (Wildman–Crippen MR) is 345 cm³/mol. The van der Waals surface area contributed by atoms with Crippen molar-refractivity contribution in [2.45, 2.75) is 0 Å². The van der Waals surface area contributed by atoms with Crippen LogP contribution in [0.4, 0.5) is 0 Å². The summed E-state index contributed by atoms with van der Waals surface area (Å²) in [5.74, 6) is 0. The van der Waals surface area contributed by atoms with E-state index >= 15 is 0 Å². The molecule has 0 unspecified atom stereocenters. The number of benzene rings is 15. The molecule has 21 rings (SSSR count). The second kappa shape index (κ2) is 13.2. The molecule has 0 aliphatic carbocycles. The highest BCUT2D eigenvalue weighted by molar-refractivity contribution is 6.64. The monoisotopic (exact) mass is 1020 g/mol. The lowest BCUT2D eigenvalue weighted by Crippen LogP contribution is -1.94. The molecule has 5 heteroatoms. The van der Waals surface area contributed by atoms with Crippen molar-refractivity contribution < 1.29 is 0 Å². The fraction of sp³-hybridized carbons (Fsp3) is 0.0667. The van der Waals surface area contributed by atoms with Crippen molar-refractivity contribution >= 4 is 217 Å². The summed E-state index contributed by atoms with van der Waals surface area (Å²) < 4.78 is 13.0. The minimum absolute atomic E-state index is 1.25. The molecule has 0 atom stereocenters. The van der Waals surface area contributed by atoms with Crippen LogP contribution in [0.1, 0.15) is 0 Å². The topological polar surface area (TPSA) is 24.6 Å². The Bertz CT molecular complexity index is 5610. The second-order valence-corrected chi connectivity index (χ2v) is 23.6. The van der Waals surface area contributed by atoms with Crippen LogP contribution in [-0.2, 0) is 35.2 Å². The molecule has 0 N–H and O–H groups in total. The molecule has 5 nitrogen and oxygen atoms in total. The fourth-order valence-electron chi connectivity index (χ4n) is 17.4. The summed E-state index contributed by atoms with van der Waals surface area (Å²) in [6, 6.07) is 69.4. The number of aryl methyl sites for hydroxylation is 5. The van der Waals surface area contributed by atoms with Crippen LogP contribution < -0.4 is 0 Å². The number of nitrogens with zero attached hydrogens (tertiary/aromatic N) is 5. The highest BCUT2D eigenvalue weighted by Gasteiger charge is 2.38. The number of aromatic nitrogens is 5. The second-order valence-electron chi connectivity index (χ2n) is 23.6. The lowest BCUT2D eigenvalue weighted by molar-refractivity contribution is 1.02. The molecule has 370 valence electrons. The normalized spacial score (nSPS) is 13.3. The van der Waals surface area contributed by atoms with Crippen LogP contribution in [-0.4, -0.2) is 22.8 Å². The van der Waals surface area contributed by atoms with Gasteiger partial charge in [-0.3, -0.25) is 0 Å². The van der Waals surface area contributed by atoms with E-state index < -0.39 is 0 Å². The maximum absolute atomic E-state index is 2.59. The molecule has 0 saturated carbocycles. The van der Waals surface area contributed by atoms with E-state index in [4.69, 9.17) is 0 Å². The summed E-state index contributed by atoms with van der Waals surface area (Å²) in [5, 5.41) is 39.7. The minimum Gasteiger partial charge on any atom is -0.343 e. The van der Waals surface area contributed by atoms with Crippen LogP contribution in [0, 0.1) is 0 Å². The van der Waals surface area contributed by atoms with Crippen molar-refractivity contribution in [2.75, 3.05) is 0 Å². The van der Waals surface area contributed by atoms with Gasteiger partial charge in [0.05, 0.1) is 27.6 Å². The summed E-state index contributed by atoms with van der Waals surface area (Å²) in [4.78, 5) is 0. The minimum atomic E-state index is 1.25. The van der Waals surface area contributed by atoms with E-state index in [9.17, 15) is 0 Å². The van der Waals surface area contributed by atoms with Crippen molar-refractivity contribution in [3.8, 4) is 0 Å². The van der Waals surface area contributed by atoms with Gasteiger partial charge in [-0.15, -0.1) is 0 Å². The van der Waals surface area contributed by atoms with Gasteiger partial charge in [0.25, 0.3) is 0 Å². The smallest absolute Gasteiger partial charge is 0.0583 e. The third kappa shape index (κ3) is 4.17. The Kier molecular flexibility index (Phi) is 6.79. The van der Waals surface area contributed by atoms with Crippen LogP contribution in [0.5, 0.6) is 0 Å². The highest BCUT2D eigenvalue weighted by atomic mass is 15.0. The molecule has 0 bridgehead atoms. The predicted octanol–water partition coefficient (Wildman–Crippen LogP) is 19.8. The lowest BCUT2D eigenvalue weighted by atomic mass is 9.88. The molecule has 0 aliphatic heterocycles. The molecule has 0 amide bonds. The van der Waals surface area contributed by atoms with Crippen molar-refractivity contribution in [3.05, 3.63) is 182 Å². The molecular weight excluding hydrogens is 971 g/mol. The Labute approximate surface area is 454 Å². The molecule has 16 aromatic carbocycles. The van der Waals surface area contributed by atoms with Crippen molar-refractivity contribution in [3.63, 3.8) is 0 Å². The number of hydrogen-bond donors (Lipinski definition) is 0. The average molecular weight is 1020 g/mol. The highest BCUT2D eigenvalue weighted by Crippen LogP contribution is 2.64. The van der Waals surface area contributed by atoms with Crippen LogP contribution in [0.25, 0.3) is 217 Å². The first-order valence-corrected chi connectivity index (χ1v) is 28.2. The summed E-state index contributed by atoms with van der Waals surface area (Å²) in [6.45, 7) is 0. The van der Waals surface area contributed by atoms with Gasteiger partial charge in [0.15, 0.2) is 0 Å². The van der Waals surface area contributed by atoms with Crippen molar-refractivity contribution in [1.29, 1.82) is 0 Å². The average Bonchev–Trinajstić information content (AvgIpc) is 2.10. The number of fused-ring (bicyclic) bond motifs is 35.